The molecule has 0 spiro atoms. The summed E-state index contributed by atoms with van der Waals surface area (Å²) in [4.78, 5) is 6.92. The smallest absolute Gasteiger partial charge is 0.187 e. The van der Waals surface area contributed by atoms with Gasteiger partial charge in [-0.25, -0.2) is 0 Å². The van der Waals surface area contributed by atoms with Gasteiger partial charge in [-0.05, 0) is 40.0 Å². The van der Waals surface area contributed by atoms with E-state index < -0.39 is 0 Å². The molecule has 0 unspecified atom stereocenters. The van der Waals surface area contributed by atoms with Crippen LogP contribution in [0.5, 0.6) is 0 Å². The summed E-state index contributed by atoms with van der Waals surface area (Å²) in [5, 5.41) is 1.04. The van der Waals surface area contributed by atoms with Crippen molar-refractivity contribution in [3.8, 4) is 0 Å². The summed E-state index contributed by atoms with van der Waals surface area (Å²) in [6, 6.07) is 1.17. The quantitative estimate of drug-likeness (QED) is 0.414. The molecule has 4 heteroatoms. The number of hydrogen-bond donors (Lipinski definition) is 0. The molecule has 0 aromatic heterocycles. The van der Waals surface area contributed by atoms with Crippen LogP contribution in [0.4, 0.5) is 0 Å². The van der Waals surface area contributed by atoms with Crippen LogP contribution in [-0.2, 0) is 4.18 Å². The number of aliphatic imine (C=N–C) groups is 1. The molecular weight excluding hydrogens is 208 g/mol. The van der Waals surface area contributed by atoms with Crippen LogP contribution in [0.3, 0.4) is 0 Å². The lowest BCUT2D eigenvalue weighted by atomic mass is 9.98. The Balaban J connectivity index is 2.74. The Morgan fingerprint density at radius 3 is 2.47 bits per heavy atom. The summed E-state index contributed by atoms with van der Waals surface area (Å²) in [5.41, 5.74) is 0. The standard InChI is InChI=1S/C11H22N2OS/c1-5-12-11(15-14-4)13-9(2)7-6-8-10(13)3/h9-10H,5-8H2,1-4H3/b12-11-/t9-,10-/m1/s1. The van der Waals surface area contributed by atoms with Gasteiger partial charge in [0.15, 0.2) is 5.17 Å². The zero-order chi connectivity index (χ0) is 11.3. The number of rotatable bonds is 2. The Kier molecular flexibility index (Phi) is 5.47. The topological polar surface area (TPSA) is 24.8 Å². The van der Waals surface area contributed by atoms with E-state index in [1.165, 1.54) is 31.3 Å². The molecule has 1 rings (SSSR count). The van der Waals surface area contributed by atoms with Crippen LogP contribution in [0.25, 0.3) is 0 Å². The maximum Gasteiger partial charge on any atom is 0.187 e. The molecular formula is C11H22N2OS. The summed E-state index contributed by atoms with van der Waals surface area (Å²) >= 11 is 1.39. The Morgan fingerprint density at radius 1 is 1.40 bits per heavy atom. The first-order valence-electron chi connectivity index (χ1n) is 5.74. The fourth-order valence-electron chi connectivity index (χ4n) is 2.16. The van der Waals surface area contributed by atoms with Crippen LogP contribution in [0.2, 0.25) is 0 Å². The first kappa shape index (κ1) is 12.8. The molecule has 88 valence electrons. The number of piperidine rings is 1. The lowest BCUT2D eigenvalue weighted by molar-refractivity contribution is 0.194. The van der Waals surface area contributed by atoms with E-state index in [9.17, 15) is 0 Å². The third kappa shape index (κ3) is 3.38. The average molecular weight is 230 g/mol. The van der Waals surface area contributed by atoms with E-state index in [1.807, 2.05) is 0 Å². The van der Waals surface area contributed by atoms with Crippen molar-refractivity contribution in [2.75, 3.05) is 13.7 Å². The van der Waals surface area contributed by atoms with Crippen LogP contribution in [0.15, 0.2) is 4.99 Å². The van der Waals surface area contributed by atoms with Crippen molar-refractivity contribution >= 4 is 17.2 Å². The molecule has 0 saturated carbocycles. The predicted molar refractivity (Wildman–Crippen MR) is 67.2 cm³/mol. The van der Waals surface area contributed by atoms with Crippen molar-refractivity contribution in [3.63, 3.8) is 0 Å². The van der Waals surface area contributed by atoms with Gasteiger partial charge in [0.2, 0.25) is 0 Å². The highest BCUT2D eigenvalue weighted by Crippen LogP contribution is 2.26. The largest absolute Gasteiger partial charge is 0.344 e. The monoisotopic (exact) mass is 230 g/mol. The second kappa shape index (κ2) is 6.38. The number of nitrogens with zero attached hydrogens (tertiary/aromatic N) is 2. The summed E-state index contributed by atoms with van der Waals surface area (Å²) in [6.45, 7) is 7.44. The Bertz CT molecular complexity index is 211. The molecule has 1 saturated heterocycles. The van der Waals surface area contributed by atoms with E-state index in [4.69, 9.17) is 4.18 Å². The number of amidine groups is 1. The zero-order valence-electron chi connectivity index (χ0n) is 10.2. The van der Waals surface area contributed by atoms with Crippen molar-refractivity contribution in [1.82, 2.24) is 4.90 Å². The van der Waals surface area contributed by atoms with E-state index in [-0.39, 0.29) is 0 Å². The van der Waals surface area contributed by atoms with Crippen LogP contribution in [-0.4, -0.2) is 35.8 Å². The second-order valence-corrected chi connectivity index (χ2v) is 4.91. The van der Waals surface area contributed by atoms with Crippen molar-refractivity contribution < 1.29 is 4.18 Å². The van der Waals surface area contributed by atoms with Gasteiger partial charge in [0, 0.05) is 18.6 Å². The van der Waals surface area contributed by atoms with Gasteiger partial charge in [-0.2, -0.15) is 0 Å². The second-order valence-electron chi connectivity index (χ2n) is 4.04. The van der Waals surface area contributed by atoms with Gasteiger partial charge in [0.25, 0.3) is 0 Å². The average Bonchev–Trinajstić information content (AvgIpc) is 2.18. The summed E-state index contributed by atoms with van der Waals surface area (Å²) in [6.07, 6.45) is 3.85. The summed E-state index contributed by atoms with van der Waals surface area (Å²) in [5.74, 6) is 0. The molecule has 0 amide bonds. The van der Waals surface area contributed by atoms with Gasteiger partial charge in [0.05, 0.1) is 19.2 Å². The van der Waals surface area contributed by atoms with Crippen molar-refractivity contribution in [2.24, 2.45) is 4.99 Å². The van der Waals surface area contributed by atoms with E-state index >= 15 is 0 Å². The third-order valence-corrected chi connectivity index (χ3v) is 3.52. The molecule has 0 bridgehead atoms. The number of likely N-dealkylation sites (tertiary alicyclic amines) is 1. The van der Waals surface area contributed by atoms with Crippen LogP contribution >= 0.6 is 12.0 Å². The highest BCUT2D eigenvalue weighted by atomic mass is 32.2. The van der Waals surface area contributed by atoms with Crippen molar-refractivity contribution in [2.45, 2.75) is 52.1 Å². The molecule has 15 heavy (non-hydrogen) atoms. The van der Waals surface area contributed by atoms with E-state index in [0.29, 0.717) is 12.1 Å². The van der Waals surface area contributed by atoms with Crippen molar-refractivity contribution in [1.29, 1.82) is 0 Å². The van der Waals surface area contributed by atoms with Gasteiger partial charge in [-0.15, -0.1) is 0 Å². The maximum atomic E-state index is 5.15. The third-order valence-electron chi connectivity index (χ3n) is 2.87. The van der Waals surface area contributed by atoms with Crippen molar-refractivity contribution in [3.05, 3.63) is 0 Å². The Morgan fingerprint density at radius 2 is 2.00 bits per heavy atom. The van der Waals surface area contributed by atoms with Crippen LogP contribution in [0.1, 0.15) is 40.0 Å². The first-order valence-corrected chi connectivity index (χ1v) is 6.48. The molecule has 1 fully saturated rings. The maximum absolute atomic E-state index is 5.15. The lowest BCUT2D eigenvalue weighted by Crippen LogP contribution is -2.46. The van der Waals surface area contributed by atoms with Crippen LogP contribution in [0, 0.1) is 0 Å². The van der Waals surface area contributed by atoms with Gasteiger partial charge >= 0.3 is 0 Å². The molecule has 0 N–H and O–H groups in total. The number of hydrogen-bond acceptors (Lipinski definition) is 3. The summed E-state index contributed by atoms with van der Waals surface area (Å²) < 4.78 is 5.15. The Labute approximate surface area is 97.5 Å². The van der Waals surface area contributed by atoms with Gasteiger partial charge in [0.1, 0.15) is 0 Å². The minimum atomic E-state index is 0.585. The predicted octanol–water partition coefficient (Wildman–Crippen LogP) is 2.92. The molecule has 2 atom stereocenters. The molecule has 0 radical (unpaired) electrons. The summed E-state index contributed by atoms with van der Waals surface area (Å²) in [7, 11) is 1.70. The van der Waals surface area contributed by atoms with E-state index in [0.717, 1.165) is 11.7 Å². The van der Waals surface area contributed by atoms with Gasteiger partial charge < -0.3 is 9.08 Å². The highest BCUT2D eigenvalue weighted by Gasteiger charge is 2.27. The van der Waals surface area contributed by atoms with E-state index in [1.54, 1.807) is 7.11 Å². The minimum Gasteiger partial charge on any atom is -0.344 e. The molecule has 1 heterocycles. The molecule has 1 aliphatic rings. The van der Waals surface area contributed by atoms with Crippen LogP contribution < -0.4 is 0 Å². The SMILES string of the molecule is CC/N=C(\SOC)N1[C@H](C)CCC[C@H]1C. The first-order chi connectivity index (χ1) is 7.20. The molecule has 0 aromatic rings. The van der Waals surface area contributed by atoms with Gasteiger partial charge in [-0.1, -0.05) is 0 Å². The molecule has 0 aromatic carbocycles. The fourth-order valence-corrected chi connectivity index (χ4v) is 2.94. The highest BCUT2D eigenvalue weighted by molar-refractivity contribution is 8.09. The molecule has 3 nitrogen and oxygen atoms in total. The minimum absolute atomic E-state index is 0.585. The van der Waals surface area contributed by atoms with E-state index in [2.05, 4.69) is 30.7 Å². The molecule has 1 aliphatic heterocycles. The normalized spacial score (nSPS) is 28.3. The van der Waals surface area contributed by atoms with Gasteiger partial charge in [-0.3, -0.25) is 4.99 Å². The zero-order valence-corrected chi connectivity index (χ0v) is 11.0. The Hall–Kier alpha value is -0.220. The fraction of sp³-hybridized carbons (Fsp3) is 0.909. The lowest BCUT2D eigenvalue weighted by Gasteiger charge is -2.40. The molecule has 0 aliphatic carbocycles.